The lowest BCUT2D eigenvalue weighted by atomic mass is 10.1. The maximum absolute atomic E-state index is 13.1. The van der Waals surface area contributed by atoms with Crippen LogP contribution < -0.4 is 9.64 Å². The second kappa shape index (κ2) is 11.4. The number of piperazine rings is 1. The number of anilines is 1. The Kier molecular flexibility index (Phi) is 8.06. The highest BCUT2D eigenvalue weighted by atomic mass is 79.9. The summed E-state index contributed by atoms with van der Waals surface area (Å²) in [6.07, 6.45) is 1.53. The first kappa shape index (κ1) is 24.8. The Hall–Kier alpha value is -3.34. The van der Waals surface area contributed by atoms with E-state index >= 15 is 0 Å². The zero-order chi connectivity index (χ0) is 24.8. The summed E-state index contributed by atoms with van der Waals surface area (Å²) in [7, 11) is 0. The largest absolute Gasteiger partial charge is 0.486 e. The van der Waals surface area contributed by atoms with Gasteiger partial charge in [0.15, 0.2) is 5.75 Å². The third kappa shape index (κ3) is 6.21. The summed E-state index contributed by atoms with van der Waals surface area (Å²) in [5, 5.41) is 10.00. The number of halogens is 3. The quantitative estimate of drug-likeness (QED) is 0.274. The molecule has 0 N–H and O–H groups in total. The van der Waals surface area contributed by atoms with Crippen molar-refractivity contribution < 1.29 is 13.9 Å². The molecule has 0 aromatic heterocycles. The number of rotatable bonds is 6. The molecule has 0 unspecified atom stereocenters. The number of hydrogen-bond acceptors (Lipinski definition) is 4. The number of nitrogens with zero attached hydrogens (tertiary/aromatic N) is 3. The first-order valence-electron chi connectivity index (χ1n) is 11.0. The third-order valence-electron chi connectivity index (χ3n) is 5.67. The summed E-state index contributed by atoms with van der Waals surface area (Å²) < 4.78 is 19.5. The van der Waals surface area contributed by atoms with E-state index in [2.05, 4.69) is 20.8 Å². The topological polar surface area (TPSA) is 56.6 Å². The van der Waals surface area contributed by atoms with Gasteiger partial charge in [0.25, 0.3) is 5.91 Å². The number of para-hydroxylation sites is 1. The fourth-order valence-corrected chi connectivity index (χ4v) is 4.81. The van der Waals surface area contributed by atoms with Gasteiger partial charge in [0.05, 0.1) is 9.50 Å². The zero-order valence-electron chi connectivity index (χ0n) is 18.8. The minimum Gasteiger partial charge on any atom is -0.486 e. The molecule has 1 aliphatic rings. The number of benzene rings is 3. The fourth-order valence-electron chi connectivity index (χ4n) is 3.82. The molecule has 1 fully saturated rings. The van der Waals surface area contributed by atoms with Crippen molar-refractivity contribution in [3.8, 4) is 11.8 Å². The smallest absolute Gasteiger partial charge is 0.264 e. The lowest BCUT2D eigenvalue weighted by Crippen LogP contribution is -2.49. The molecule has 0 atom stereocenters. The van der Waals surface area contributed by atoms with E-state index in [4.69, 9.17) is 16.3 Å². The predicted molar refractivity (Wildman–Crippen MR) is 139 cm³/mol. The van der Waals surface area contributed by atoms with Crippen molar-refractivity contribution in [3.05, 3.63) is 98.7 Å². The highest BCUT2D eigenvalue weighted by Gasteiger charge is 2.24. The SMILES string of the molecule is N#C/C(=C/c1cc(Cl)c(OCc2ccc(F)cc2)c(Br)c1)C(=O)N1CCN(c2ccccc2)CC1. The van der Waals surface area contributed by atoms with Gasteiger partial charge in [-0.05, 0) is 69.5 Å². The monoisotopic (exact) mass is 553 g/mol. The van der Waals surface area contributed by atoms with Crippen LogP contribution >= 0.6 is 27.5 Å². The Morgan fingerprint density at radius 2 is 1.77 bits per heavy atom. The van der Waals surface area contributed by atoms with E-state index in [0.717, 1.165) is 11.3 Å². The van der Waals surface area contributed by atoms with Crippen LogP contribution in [0.5, 0.6) is 5.75 Å². The maximum atomic E-state index is 13.1. The predicted octanol–water partition coefficient (Wildman–Crippen LogP) is 6.08. The summed E-state index contributed by atoms with van der Waals surface area (Å²) in [4.78, 5) is 16.9. The van der Waals surface area contributed by atoms with E-state index in [0.29, 0.717) is 47.0 Å². The number of nitriles is 1. The first-order valence-corrected chi connectivity index (χ1v) is 12.2. The van der Waals surface area contributed by atoms with E-state index < -0.39 is 0 Å². The molecule has 8 heteroatoms. The molecule has 35 heavy (non-hydrogen) atoms. The summed E-state index contributed by atoms with van der Waals surface area (Å²) in [5.41, 5.74) is 2.56. The molecule has 0 saturated carbocycles. The molecule has 4 rings (SSSR count). The average Bonchev–Trinajstić information content (AvgIpc) is 2.88. The van der Waals surface area contributed by atoms with Crippen molar-refractivity contribution >= 4 is 45.2 Å². The van der Waals surface area contributed by atoms with Crippen LogP contribution in [0.4, 0.5) is 10.1 Å². The molecule has 3 aromatic rings. The van der Waals surface area contributed by atoms with Crippen molar-refractivity contribution in [2.75, 3.05) is 31.1 Å². The van der Waals surface area contributed by atoms with Gasteiger partial charge in [-0.2, -0.15) is 5.26 Å². The third-order valence-corrected chi connectivity index (χ3v) is 6.54. The van der Waals surface area contributed by atoms with Crippen LogP contribution in [-0.4, -0.2) is 37.0 Å². The van der Waals surface area contributed by atoms with Crippen LogP contribution in [0.3, 0.4) is 0 Å². The number of carbonyl (C=O) groups is 1. The molecular weight excluding hydrogens is 533 g/mol. The molecule has 1 saturated heterocycles. The molecule has 0 spiro atoms. The molecule has 3 aromatic carbocycles. The summed E-state index contributed by atoms with van der Waals surface area (Å²) >= 11 is 9.88. The van der Waals surface area contributed by atoms with Crippen molar-refractivity contribution in [1.82, 2.24) is 4.90 Å². The van der Waals surface area contributed by atoms with Crippen molar-refractivity contribution in [1.29, 1.82) is 5.26 Å². The molecule has 1 heterocycles. The molecular formula is C27H22BrClFN3O2. The maximum Gasteiger partial charge on any atom is 0.264 e. The lowest BCUT2D eigenvalue weighted by molar-refractivity contribution is -0.126. The van der Waals surface area contributed by atoms with Crippen LogP contribution in [-0.2, 0) is 11.4 Å². The van der Waals surface area contributed by atoms with E-state index in [1.165, 1.54) is 18.2 Å². The van der Waals surface area contributed by atoms with Gasteiger partial charge in [-0.1, -0.05) is 41.9 Å². The van der Waals surface area contributed by atoms with E-state index in [1.54, 1.807) is 29.2 Å². The van der Waals surface area contributed by atoms with E-state index in [9.17, 15) is 14.4 Å². The molecule has 1 aliphatic heterocycles. The van der Waals surface area contributed by atoms with Gasteiger partial charge >= 0.3 is 0 Å². The Balaban J connectivity index is 1.43. The second-order valence-corrected chi connectivity index (χ2v) is 9.27. The Morgan fingerprint density at radius 3 is 2.40 bits per heavy atom. The zero-order valence-corrected chi connectivity index (χ0v) is 21.1. The standard InChI is InChI=1S/C27H22BrClFN3O2/c28-24-15-20(16-25(29)26(24)35-18-19-6-8-22(30)9-7-19)14-21(17-31)27(34)33-12-10-32(11-13-33)23-4-2-1-3-5-23/h1-9,14-16H,10-13,18H2/b21-14-. The lowest BCUT2D eigenvalue weighted by Gasteiger charge is -2.36. The second-order valence-electron chi connectivity index (χ2n) is 8.01. The van der Waals surface area contributed by atoms with Gasteiger partial charge in [0.2, 0.25) is 0 Å². The van der Waals surface area contributed by atoms with Gasteiger partial charge < -0.3 is 14.5 Å². The van der Waals surface area contributed by atoms with E-state index in [-0.39, 0.29) is 23.9 Å². The minimum absolute atomic E-state index is 0.0427. The van der Waals surface area contributed by atoms with Gasteiger partial charge in [0.1, 0.15) is 24.1 Å². The molecule has 1 amide bonds. The minimum atomic E-state index is -0.315. The average molecular weight is 555 g/mol. The number of carbonyl (C=O) groups excluding carboxylic acids is 1. The fraction of sp³-hybridized carbons (Fsp3) is 0.185. The van der Waals surface area contributed by atoms with Gasteiger partial charge in [-0.3, -0.25) is 4.79 Å². The number of ether oxygens (including phenoxy) is 1. The van der Waals surface area contributed by atoms with Gasteiger partial charge in [-0.15, -0.1) is 0 Å². The van der Waals surface area contributed by atoms with E-state index in [1.807, 2.05) is 36.4 Å². The van der Waals surface area contributed by atoms with Crippen LogP contribution in [0, 0.1) is 17.1 Å². The summed E-state index contributed by atoms with van der Waals surface area (Å²) in [6.45, 7) is 2.68. The highest BCUT2D eigenvalue weighted by molar-refractivity contribution is 9.10. The Labute approximate surface area is 217 Å². The molecule has 178 valence electrons. The molecule has 0 radical (unpaired) electrons. The van der Waals surface area contributed by atoms with Gasteiger partial charge in [0, 0.05) is 31.9 Å². The Bertz CT molecular complexity index is 1240. The van der Waals surface area contributed by atoms with Crippen LogP contribution in [0.25, 0.3) is 6.08 Å². The number of amides is 1. The molecule has 5 nitrogen and oxygen atoms in total. The Morgan fingerprint density at radius 1 is 1.09 bits per heavy atom. The van der Waals surface area contributed by atoms with Crippen molar-refractivity contribution in [2.45, 2.75) is 6.61 Å². The molecule has 0 aliphatic carbocycles. The van der Waals surface area contributed by atoms with Crippen molar-refractivity contribution in [2.24, 2.45) is 0 Å². The number of hydrogen-bond donors (Lipinski definition) is 0. The van der Waals surface area contributed by atoms with Crippen LogP contribution in [0.1, 0.15) is 11.1 Å². The van der Waals surface area contributed by atoms with Crippen molar-refractivity contribution in [3.63, 3.8) is 0 Å². The summed E-state index contributed by atoms with van der Waals surface area (Å²) in [5.74, 6) is -0.191. The summed E-state index contributed by atoms with van der Waals surface area (Å²) in [6, 6.07) is 21.5. The molecule has 0 bridgehead atoms. The normalized spacial score (nSPS) is 13.9. The van der Waals surface area contributed by atoms with Gasteiger partial charge in [-0.25, -0.2) is 4.39 Å². The van der Waals surface area contributed by atoms with Crippen LogP contribution in [0.15, 0.2) is 76.8 Å². The first-order chi connectivity index (χ1) is 16.9. The highest BCUT2D eigenvalue weighted by Crippen LogP contribution is 2.36. The van der Waals surface area contributed by atoms with Crippen LogP contribution in [0.2, 0.25) is 5.02 Å².